The number of nitrogens with zero attached hydrogens (tertiary/aromatic N) is 3. The predicted molar refractivity (Wildman–Crippen MR) is 109 cm³/mol. The van der Waals surface area contributed by atoms with Crippen molar-refractivity contribution < 1.29 is 19.2 Å². The number of piperidine rings is 1. The average Bonchev–Trinajstić information content (AvgIpc) is 3.21. The summed E-state index contributed by atoms with van der Waals surface area (Å²) < 4.78 is 1.89. The molecule has 0 aliphatic carbocycles. The van der Waals surface area contributed by atoms with Crippen molar-refractivity contribution in [1.29, 1.82) is 0 Å². The van der Waals surface area contributed by atoms with E-state index in [2.05, 4.69) is 21.0 Å². The van der Waals surface area contributed by atoms with Gasteiger partial charge in [-0.05, 0) is 24.1 Å². The first-order valence-electron chi connectivity index (χ1n) is 10.3. The number of carbonyl (C=O) groups excluding carboxylic acids is 4. The molecule has 31 heavy (non-hydrogen) atoms. The van der Waals surface area contributed by atoms with Gasteiger partial charge in [-0.3, -0.25) is 34.1 Å². The average molecular weight is 422 g/mol. The van der Waals surface area contributed by atoms with Crippen LogP contribution in [0.25, 0.3) is 0 Å². The summed E-state index contributed by atoms with van der Waals surface area (Å²) >= 11 is 0. The molecule has 0 radical (unpaired) electrons. The van der Waals surface area contributed by atoms with Crippen molar-refractivity contribution in [1.82, 2.24) is 25.3 Å². The quantitative estimate of drug-likeness (QED) is 0.596. The molecule has 10 nitrogen and oxygen atoms in total. The highest BCUT2D eigenvalue weighted by Crippen LogP contribution is 2.29. The minimum atomic E-state index is -0.959. The minimum Gasteiger partial charge on any atom is -0.364 e. The van der Waals surface area contributed by atoms with Gasteiger partial charge in [-0.15, -0.1) is 0 Å². The molecule has 4 amide bonds. The molecule has 1 unspecified atom stereocenters. The maximum atomic E-state index is 13.0. The Morgan fingerprint density at radius 1 is 1.13 bits per heavy atom. The first kappa shape index (κ1) is 19.4. The number of benzene rings is 1. The lowest BCUT2D eigenvalue weighted by molar-refractivity contribution is -0.136. The fourth-order valence-corrected chi connectivity index (χ4v) is 4.48. The molecule has 1 saturated heterocycles. The largest absolute Gasteiger partial charge is 0.364 e. The zero-order valence-electron chi connectivity index (χ0n) is 17.0. The number of aromatic nitrogens is 2. The molecule has 2 aromatic rings. The fraction of sp³-hybridized carbons (Fsp3) is 0.381. The molecule has 3 N–H and O–H groups in total. The van der Waals surface area contributed by atoms with Crippen molar-refractivity contribution in [3.05, 3.63) is 46.1 Å². The second kappa shape index (κ2) is 7.31. The van der Waals surface area contributed by atoms with Crippen LogP contribution in [0.2, 0.25) is 0 Å². The summed E-state index contributed by atoms with van der Waals surface area (Å²) in [5, 5.41) is 13.4. The maximum Gasteiger partial charge on any atom is 0.262 e. The van der Waals surface area contributed by atoms with Crippen molar-refractivity contribution in [2.24, 2.45) is 7.05 Å². The van der Waals surface area contributed by atoms with E-state index in [0.717, 1.165) is 41.4 Å². The Bertz CT molecular complexity index is 1140. The molecule has 10 heteroatoms. The molecule has 5 rings (SSSR count). The van der Waals surface area contributed by atoms with Crippen LogP contribution in [0.4, 0.5) is 5.82 Å². The lowest BCUT2D eigenvalue weighted by atomic mass is 10.0. The van der Waals surface area contributed by atoms with E-state index >= 15 is 0 Å². The van der Waals surface area contributed by atoms with Crippen molar-refractivity contribution in [3.8, 4) is 0 Å². The molecule has 1 aromatic carbocycles. The van der Waals surface area contributed by atoms with Gasteiger partial charge < -0.3 is 10.6 Å². The smallest absolute Gasteiger partial charge is 0.262 e. The number of hydrogen-bond donors (Lipinski definition) is 3. The summed E-state index contributed by atoms with van der Waals surface area (Å²) in [6, 6.07) is 4.13. The summed E-state index contributed by atoms with van der Waals surface area (Å²) in [6.07, 6.45) is 1.16. The molecule has 0 spiro atoms. The number of amides is 4. The molecule has 3 aliphatic rings. The van der Waals surface area contributed by atoms with Crippen LogP contribution in [0.15, 0.2) is 18.2 Å². The zero-order chi connectivity index (χ0) is 21.7. The summed E-state index contributed by atoms with van der Waals surface area (Å²) in [5.74, 6) is -1.20. The topological polar surface area (TPSA) is 125 Å². The molecule has 1 aromatic heterocycles. The van der Waals surface area contributed by atoms with Crippen molar-refractivity contribution in [2.75, 3.05) is 11.9 Å². The van der Waals surface area contributed by atoms with E-state index in [4.69, 9.17) is 0 Å². The number of hydrogen-bond acceptors (Lipinski definition) is 7. The minimum absolute atomic E-state index is 0.0994. The molecule has 1 atom stereocenters. The maximum absolute atomic E-state index is 13.0. The third-order valence-electron chi connectivity index (χ3n) is 6.08. The Morgan fingerprint density at radius 2 is 1.94 bits per heavy atom. The van der Waals surface area contributed by atoms with Crippen molar-refractivity contribution in [2.45, 2.75) is 38.4 Å². The van der Waals surface area contributed by atoms with Crippen LogP contribution in [0.1, 0.15) is 50.4 Å². The van der Waals surface area contributed by atoms with Gasteiger partial charge in [0.1, 0.15) is 6.04 Å². The lowest BCUT2D eigenvalue weighted by Crippen LogP contribution is -2.54. The van der Waals surface area contributed by atoms with Crippen LogP contribution in [0, 0.1) is 0 Å². The number of nitrogens with one attached hydrogen (secondary N) is 3. The highest BCUT2D eigenvalue weighted by atomic mass is 16.2. The van der Waals surface area contributed by atoms with Crippen molar-refractivity contribution >= 4 is 29.4 Å². The fourth-order valence-electron chi connectivity index (χ4n) is 4.48. The summed E-state index contributed by atoms with van der Waals surface area (Å²) in [7, 11) is 1.93. The highest BCUT2D eigenvalue weighted by molar-refractivity contribution is 6.23. The number of fused-ring (bicyclic) bond motifs is 2. The Labute approximate surface area is 178 Å². The van der Waals surface area contributed by atoms with Gasteiger partial charge in [0.15, 0.2) is 5.82 Å². The van der Waals surface area contributed by atoms with Crippen LogP contribution in [-0.4, -0.2) is 50.9 Å². The molecule has 3 aliphatic heterocycles. The zero-order valence-corrected chi connectivity index (χ0v) is 17.0. The number of rotatable bonds is 4. The molecular weight excluding hydrogens is 400 g/mol. The van der Waals surface area contributed by atoms with E-state index in [1.54, 1.807) is 18.2 Å². The van der Waals surface area contributed by atoms with Gasteiger partial charge in [0.25, 0.3) is 11.8 Å². The normalized spacial score (nSPS) is 20.5. The predicted octanol–water partition coefficient (Wildman–Crippen LogP) is 0.0791. The van der Waals surface area contributed by atoms with Crippen LogP contribution in [0.5, 0.6) is 0 Å². The second-order valence-electron chi connectivity index (χ2n) is 8.00. The van der Waals surface area contributed by atoms with Gasteiger partial charge >= 0.3 is 0 Å². The molecule has 0 bridgehead atoms. The van der Waals surface area contributed by atoms with Crippen LogP contribution in [0.3, 0.4) is 0 Å². The Balaban J connectivity index is 1.35. The van der Waals surface area contributed by atoms with Gasteiger partial charge in [-0.2, -0.15) is 5.10 Å². The molecule has 160 valence electrons. The monoisotopic (exact) mass is 422 g/mol. The number of imide groups is 2. The van der Waals surface area contributed by atoms with Gasteiger partial charge in [-0.25, -0.2) is 0 Å². The Kier molecular flexibility index (Phi) is 4.58. The van der Waals surface area contributed by atoms with Gasteiger partial charge in [0, 0.05) is 50.8 Å². The lowest BCUT2D eigenvalue weighted by Gasteiger charge is -2.27. The number of carbonyl (C=O) groups is 4. The molecular formula is C21H22N6O4. The second-order valence-corrected chi connectivity index (χ2v) is 8.00. The summed E-state index contributed by atoms with van der Waals surface area (Å²) in [5.41, 5.74) is 3.73. The van der Waals surface area contributed by atoms with E-state index in [1.807, 2.05) is 11.7 Å². The van der Waals surface area contributed by atoms with Crippen molar-refractivity contribution in [3.63, 3.8) is 0 Å². The summed E-state index contributed by atoms with van der Waals surface area (Å²) in [6.45, 7) is 2.12. The third kappa shape index (κ3) is 3.19. The standard InChI is InChI=1S/C21H22N6O4/c1-26-15-6-7-22-10-14(15)18(25-26)23-9-11-2-3-12-13(8-11)21(31)27(20(12)30)16-4-5-17(28)24-19(16)29/h2-3,8,16,22H,4-7,9-10H2,1H3,(H,23,25)(H,24,28,29). The number of aryl methyl sites for hydroxylation is 1. The van der Waals surface area contributed by atoms with E-state index in [0.29, 0.717) is 6.54 Å². The van der Waals surface area contributed by atoms with E-state index in [1.165, 1.54) is 5.69 Å². The van der Waals surface area contributed by atoms with E-state index in [-0.39, 0.29) is 24.0 Å². The molecule has 4 heterocycles. The highest BCUT2D eigenvalue weighted by Gasteiger charge is 2.44. The first-order valence-corrected chi connectivity index (χ1v) is 10.3. The molecule has 1 fully saturated rings. The van der Waals surface area contributed by atoms with Crippen LogP contribution in [-0.2, 0) is 36.1 Å². The van der Waals surface area contributed by atoms with Gasteiger partial charge in [0.2, 0.25) is 11.8 Å². The first-order chi connectivity index (χ1) is 14.9. The SMILES string of the molecule is Cn1nc(NCc2ccc3c(c2)C(=O)N(C2CCC(=O)NC2=O)C3=O)c2c1CCNC2. The third-order valence-corrected chi connectivity index (χ3v) is 6.08. The van der Waals surface area contributed by atoms with E-state index in [9.17, 15) is 19.2 Å². The summed E-state index contributed by atoms with van der Waals surface area (Å²) in [4.78, 5) is 50.3. The van der Waals surface area contributed by atoms with E-state index < -0.39 is 29.7 Å². The number of anilines is 1. The Morgan fingerprint density at radius 3 is 2.74 bits per heavy atom. The molecule has 0 saturated carbocycles. The Hall–Kier alpha value is -3.53. The van der Waals surface area contributed by atoms with Crippen LogP contribution < -0.4 is 16.0 Å². The van der Waals surface area contributed by atoms with Crippen LogP contribution >= 0.6 is 0 Å². The van der Waals surface area contributed by atoms with Gasteiger partial charge in [0.05, 0.1) is 11.1 Å². The van der Waals surface area contributed by atoms with Gasteiger partial charge in [-0.1, -0.05) is 6.07 Å².